The van der Waals surface area contributed by atoms with Gasteiger partial charge >= 0.3 is 0 Å². The molecule has 1 unspecified atom stereocenters. The number of methoxy groups -OCH3 is 1. The molecule has 0 amide bonds. The van der Waals surface area contributed by atoms with Crippen molar-refractivity contribution in [1.29, 1.82) is 0 Å². The van der Waals surface area contributed by atoms with Crippen LogP contribution >= 0.6 is 11.6 Å². The first-order valence-electron chi connectivity index (χ1n) is 9.46. The summed E-state index contributed by atoms with van der Waals surface area (Å²) in [6.45, 7) is 5.37. The summed E-state index contributed by atoms with van der Waals surface area (Å²) in [4.78, 5) is 15.0. The molecule has 5 heteroatoms. The molecule has 4 nitrogen and oxygen atoms in total. The molecule has 0 bridgehead atoms. The third kappa shape index (κ3) is 5.10. The van der Waals surface area contributed by atoms with E-state index >= 15 is 0 Å². The molecular weight excluding hydrogens is 360 g/mol. The van der Waals surface area contributed by atoms with Crippen LogP contribution in [0.4, 0.5) is 0 Å². The van der Waals surface area contributed by atoms with Gasteiger partial charge in [0.05, 0.1) is 18.7 Å². The van der Waals surface area contributed by atoms with Gasteiger partial charge in [0, 0.05) is 18.2 Å². The van der Waals surface area contributed by atoms with Crippen molar-refractivity contribution in [2.45, 2.75) is 25.8 Å². The Hall–Kier alpha value is -1.88. The maximum absolute atomic E-state index is 12.5. The molecule has 1 aliphatic rings. The molecule has 0 spiro atoms. The highest BCUT2D eigenvalue weighted by Crippen LogP contribution is 2.26. The van der Waals surface area contributed by atoms with Crippen LogP contribution in [0.1, 0.15) is 40.4 Å². The number of aryl methyl sites for hydroxylation is 1. The van der Waals surface area contributed by atoms with E-state index < -0.39 is 0 Å². The molecule has 1 aliphatic heterocycles. The van der Waals surface area contributed by atoms with Gasteiger partial charge in [-0.1, -0.05) is 41.4 Å². The number of halogens is 1. The summed E-state index contributed by atoms with van der Waals surface area (Å²) >= 11 is 6.13. The Kier molecular flexibility index (Phi) is 6.89. The second-order valence-electron chi connectivity index (χ2n) is 7.07. The van der Waals surface area contributed by atoms with E-state index in [1.807, 2.05) is 0 Å². The minimum absolute atomic E-state index is 0.0311. The normalized spacial score (nSPS) is 15.7. The Labute approximate surface area is 166 Å². The highest BCUT2D eigenvalue weighted by molar-refractivity contribution is 6.32. The van der Waals surface area contributed by atoms with E-state index in [4.69, 9.17) is 16.3 Å². The minimum Gasteiger partial charge on any atom is -0.495 e. The van der Waals surface area contributed by atoms with E-state index in [-0.39, 0.29) is 5.78 Å². The largest absolute Gasteiger partial charge is 0.495 e. The summed E-state index contributed by atoms with van der Waals surface area (Å²) in [5, 5.41) is 3.81. The van der Waals surface area contributed by atoms with Crippen LogP contribution < -0.4 is 10.1 Å². The quantitative estimate of drug-likeness (QED) is 0.688. The molecule has 1 fully saturated rings. The van der Waals surface area contributed by atoms with Crippen LogP contribution in [0.5, 0.6) is 5.75 Å². The number of hydrogen-bond donors (Lipinski definition) is 1. The van der Waals surface area contributed by atoms with Crippen molar-refractivity contribution >= 4 is 17.4 Å². The summed E-state index contributed by atoms with van der Waals surface area (Å²) in [6.07, 6.45) is 2.48. The zero-order valence-corrected chi connectivity index (χ0v) is 16.8. The van der Waals surface area contributed by atoms with Gasteiger partial charge in [0.1, 0.15) is 5.75 Å². The van der Waals surface area contributed by atoms with Gasteiger partial charge in [-0.3, -0.25) is 9.69 Å². The van der Waals surface area contributed by atoms with Crippen LogP contribution in [-0.2, 0) is 0 Å². The maximum atomic E-state index is 12.5. The van der Waals surface area contributed by atoms with Crippen LogP contribution in [0, 0.1) is 6.92 Å². The topological polar surface area (TPSA) is 41.6 Å². The van der Waals surface area contributed by atoms with Crippen molar-refractivity contribution in [3.63, 3.8) is 0 Å². The monoisotopic (exact) mass is 386 g/mol. The Balaban J connectivity index is 1.62. The first-order chi connectivity index (χ1) is 13.1. The highest BCUT2D eigenvalue weighted by Gasteiger charge is 2.23. The average molecular weight is 387 g/mol. The Morgan fingerprint density at radius 3 is 2.52 bits per heavy atom. The number of rotatable bonds is 8. The Morgan fingerprint density at radius 2 is 1.89 bits per heavy atom. The summed E-state index contributed by atoms with van der Waals surface area (Å²) in [6, 6.07) is 14.2. The number of likely N-dealkylation sites (tertiary alicyclic amines) is 1. The maximum Gasteiger partial charge on any atom is 0.176 e. The molecule has 0 saturated carbocycles. The molecule has 0 aromatic heterocycles. The first kappa shape index (κ1) is 19.9. The van der Waals surface area contributed by atoms with Crippen molar-refractivity contribution in [3.05, 3.63) is 64.2 Å². The lowest BCUT2D eigenvalue weighted by molar-refractivity contribution is 0.0987. The van der Waals surface area contributed by atoms with Crippen molar-refractivity contribution in [1.82, 2.24) is 10.2 Å². The Bertz CT molecular complexity index is 770. The van der Waals surface area contributed by atoms with Crippen LogP contribution in [0.15, 0.2) is 42.5 Å². The zero-order chi connectivity index (χ0) is 19.2. The van der Waals surface area contributed by atoms with Gasteiger partial charge < -0.3 is 10.1 Å². The van der Waals surface area contributed by atoms with Crippen LogP contribution in [0.2, 0.25) is 5.02 Å². The van der Waals surface area contributed by atoms with Crippen LogP contribution in [0.3, 0.4) is 0 Å². The molecule has 2 aromatic rings. The van der Waals surface area contributed by atoms with E-state index in [9.17, 15) is 4.79 Å². The standard InChI is InChI=1S/C22H27ClN2O2/c1-16-5-7-17(8-6-16)20(25-11-3-4-12-25)14-24-15-21(26)18-9-10-22(27-2)19(23)13-18/h5-10,13,20,24H,3-4,11-12,14-15H2,1-2H3. The molecule has 144 valence electrons. The fourth-order valence-corrected chi connectivity index (χ4v) is 3.82. The van der Waals surface area contributed by atoms with E-state index in [0.717, 1.165) is 19.6 Å². The third-order valence-electron chi connectivity index (χ3n) is 5.14. The third-order valence-corrected chi connectivity index (χ3v) is 5.44. The van der Waals surface area contributed by atoms with E-state index in [0.29, 0.717) is 28.9 Å². The lowest BCUT2D eigenvalue weighted by Gasteiger charge is -2.28. The highest BCUT2D eigenvalue weighted by atomic mass is 35.5. The van der Waals surface area contributed by atoms with Gasteiger partial charge in [-0.15, -0.1) is 0 Å². The molecule has 1 atom stereocenters. The second kappa shape index (κ2) is 9.36. The molecule has 2 aromatic carbocycles. The van der Waals surface area contributed by atoms with Gasteiger partial charge in [0.25, 0.3) is 0 Å². The van der Waals surface area contributed by atoms with Gasteiger partial charge in [-0.2, -0.15) is 0 Å². The van der Waals surface area contributed by atoms with Crippen molar-refractivity contribution in [3.8, 4) is 5.75 Å². The van der Waals surface area contributed by atoms with Crippen LogP contribution in [0.25, 0.3) is 0 Å². The van der Waals surface area contributed by atoms with Gasteiger partial charge in [0.15, 0.2) is 5.78 Å². The SMILES string of the molecule is COc1ccc(C(=O)CNCC(c2ccc(C)cc2)N2CCCC2)cc1Cl. The number of nitrogens with one attached hydrogen (secondary N) is 1. The van der Waals surface area contributed by atoms with Crippen molar-refractivity contribution in [2.24, 2.45) is 0 Å². The molecule has 27 heavy (non-hydrogen) atoms. The van der Waals surface area contributed by atoms with Crippen molar-refractivity contribution < 1.29 is 9.53 Å². The van der Waals surface area contributed by atoms with Gasteiger partial charge in [0.2, 0.25) is 0 Å². The van der Waals surface area contributed by atoms with E-state index in [1.165, 1.54) is 24.0 Å². The molecule has 1 N–H and O–H groups in total. The Morgan fingerprint density at radius 1 is 1.19 bits per heavy atom. The van der Waals surface area contributed by atoms with Crippen LogP contribution in [-0.4, -0.2) is 44.0 Å². The average Bonchev–Trinajstić information content (AvgIpc) is 3.20. The number of carbonyl (C=O) groups excluding carboxylic acids is 1. The summed E-state index contributed by atoms with van der Waals surface area (Å²) in [5.74, 6) is 0.610. The molecule has 0 aliphatic carbocycles. The fraction of sp³-hybridized carbons (Fsp3) is 0.409. The number of nitrogens with zero attached hydrogens (tertiary/aromatic N) is 1. The summed E-state index contributed by atoms with van der Waals surface area (Å²) < 4.78 is 5.14. The lowest BCUT2D eigenvalue weighted by Crippen LogP contribution is -2.36. The second-order valence-corrected chi connectivity index (χ2v) is 7.48. The van der Waals surface area contributed by atoms with E-state index in [1.54, 1.807) is 25.3 Å². The zero-order valence-electron chi connectivity index (χ0n) is 16.0. The van der Waals surface area contributed by atoms with E-state index in [2.05, 4.69) is 41.4 Å². The molecule has 3 rings (SSSR count). The number of hydrogen-bond acceptors (Lipinski definition) is 4. The van der Waals surface area contributed by atoms with Gasteiger partial charge in [-0.05, 0) is 56.6 Å². The summed E-state index contributed by atoms with van der Waals surface area (Å²) in [5.41, 5.74) is 3.16. The first-order valence-corrected chi connectivity index (χ1v) is 9.84. The predicted molar refractivity (Wildman–Crippen MR) is 110 cm³/mol. The predicted octanol–water partition coefficient (Wildman–Crippen LogP) is 4.27. The molecule has 1 heterocycles. The molecular formula is C22H27ClN2O2. The van der Waals surface area contributed by atoms with Gasteiger partial charge in [-0.25, -0.2) is 0 Å². The molecule has 0 radical (unpaired) electrons. The number of carbonyl (C=O) groups is 1. The summed E-state index contributed by atoms with van der Waals surface area (Å²) in [7, 11) is 1.56. The molecule has 1 saturated heterocycles. The smallest absolute Gasteiger partial charge is 0.176 e. The minimum atomic E-state index is 0.0311. The van der Waals surface area contributed by atoms with Crippen molar-refractivity contribution in [2.75, 3.05) is 33.3 Å². The number of ether oxygens (including phenoxy) is 1. The number of ketones is 1. The number of Topliss-reactive ketones (excluding diaryl/α,β-unsaturated/α-hetero) is 1. The lowest BCUT2D eigenvalue weighted by atomic mass is 10.0. The number of benzene rings is 2. The fourth-order valence-electron chi connectivity index (χ4n) is 3.56.